The van der Waals surface area contributed by atoms with Gasteiger partial charge in [-0.15, -0.1) is 0 Å². The molecule has 3 aliphatic rings. The van der Waals surface area contributed by atoms with Gasteiger partial charge in [0.05, 0.1) is 0 Å². The summed E-state index contributed by atoms with van der Waals surface area (Å²) >= 11 is 9.45. The summed E-state index contributed by atoms with van der Waals surface area (Å²) in [5.41, 5.74) is 0. The van der Waals surface area contributed by atoms with E-state index >= 15 is 0 Å². The molecule has 112 valence electrons. The Morgan fingerprint density at radius 2 is 1.45 bits per heavy atom. The SMILES string of the molecule is [Te]=C(CC1CS1)CC1CC[Te]CC1CC(=[Te])CC1CS1. The average Bonchev–Trinajstić information content (AvgIpc) is 3.28. The van der Waals surface area contributed by atoms with E-state index in [1.807, 2.05) is 7.10 Å². The fourth-order valence-corrected chi connectivity index (χ4v) is 10.9. The van der Waals surface area contributed by atoms with Gasteiger partial charge >= 0.3 is 170 Å². The Hall–Kier alpha value is 2.81. The van der Waals surface area contributed by atoms with Crippen molar-refractivity contribution >= 4 is 95.2 Å². The summed E-state index contributed by atoms with van der Waals surface area (Å²) in [5, 5.41) is 2.02. The van der Waals surface area contributed by atoms with Crippen molar-refractivity contribution in [3.63, 3.8) is 0 Å². The molecule has 3 rings (SSSR count). The van der Waals surface area contributed by atoms with Crippen LogP contribution < -0.4 is 0 Å². The van der Waals surface area contributed by atoms with E-state index in [-0.39, 0.29) is 0 Å². The maximum atomic E-state index is 2.37. The molecule has 0 nitrogen and oxygen atoms in total. The van der Waals surface area contributed by atoms with Gasteiger partial charge in [0.2, 0.25) is 0 Å². The second-order valence-corrected chi connectivity index (χ2v) is 15.4. The molecule has 0 spiro atoms. The Balaban J connectivity index is 1.46. The number of rotatable bonds is 8. The Kier molecular flexibility index (Phi) is 7.73. The number of thioether (sulfide) groups is 2. The van der Waals surface area contributed by atoms with Crippen molar-refractivity contribution in [3.8, 4) is 0 Å². The predicted octanol–water partition coefficient (Wildman–Crippen LogP) is 2.64. The molecule has 0 saturated carbocycles. The van der Waals surface area contributed by atoms with E-state index in [2.05, 4.69) is 67.2 Å². The molecule has 20 heavy (non-hydrogen) atoms. The van der Waals surface area contributed by atoms with Crippen LogP contribution in [0.3, 0.4) is 0 Å². The summed E-state index contributed by atoms with van der Waals surface area (Å²) in [6, 6.07) is 0. The molecule has 0 aliphatic carbocycles. The first-order valence-electron chi connectivity index (χ1n) is 7.55. The van der Waals surface area contributed by atoms with Crippen LogP contribution in [0.5, 0.6) is 0 Å². The van der Waals surface area contributed by atoms with E-state index < -0.39 is 0 Å². The Bertz CT molecular complexity index is 341. The zero-order valence-electron chi connectivity index (χ0n) is 11.7. The predicted molar refractivity (Wildman–Crippen MR) is 99.4 cm³/mol. The van der Waals surface area contributed by atoms with Crippen LogP contribution in [0.4, 0.5) is 0 Å². The molecule has 0 aromatic rings. The van der Waals surface area contributed by atoms with Gasteiger partial charge in [0.25, 0.3) is 0 Å². The molecule has 3 fully saturated rings. The summed E-state index contributed by atoms with van der Waals surface area (Å²) in [5.74, 6) is 4.99. The van der Waals surface area contributed by atoms with Crippen LogP contribution in [0, 0.1) is 11.8 Å². The molecule has 0 aromatic carbocycles. The molecule has 0 amide bonds. The minimum atomic E-state index is 0.378. The third kappa shape index (κ3) is 6.37. The zero-order chi connectivity index (χ0) is 13.9. The van der Waals surface area contributed by atoms with Crippen molar-refractivity contribution in [2.24, 2.45) is 11.8 Å². The molecular weight excluding hydrogens is 627 g/mol. The number of hydrogen-bond acceptors (Lipinski definition) is 2. The molecule has 3 aliphatic heterocycles. The maximum absolute atomic E-state index is 2.37. The van der Waals surface area contributed by atoms with Gasteiger partial charge in [-0.1, -0.05) is 0 Å². The van der Waals surface area contributed by atoms with Crippen LogP contribution in [-0.2, 0) is 0 Å². The van der Waals surface area contributed by atoms with E-state index in [0.29, 0.717) is 20.9 Å². The fourth-order valence-electron chi connectivity index (χ4n) is 2.97. The van der Waals surface area contributed by atoms with E-state index in [4.69, 9.17) is 0 Å². The van der Waals surface area contributed by atoms with Gasteiger partial charge in [0.15, 0.2) is 0 Å². The molecule has 0 bridgehead atoms. The van der Waals surface area contributed by atoms with Crippen LogP contribution in [0.15, 0.2) is 0 Å². The van der Waals surface area contributed by atoms with Gasteiger partial charge in [-0.25, -0.2) is 0 Å². The summed E-state index contributed by atoms with van der Waals surface area (Å²) in [6.45, 7) is 0. The van der Waals surface area contributed by atoms with Crippen LogP contribution in [-0.4, -0.2) is 93.7 Å². The minimum absolute atomic E-state index is 0.378. The van der Waals surface area contributed by atoms with Crippen molar-refractivity contribution in [3.05, 3.63) is 0 Å². The molecule has 0 aromatic heterocycles. The molecule has 3 saturated heterocycles. The first-order valence-corrected chi connectivity index (χ1v) is 15.3. The van der Waals surface area contributed by atoms with Crippen LogP contribution in [0.1, 0.15) is 32.1 Å². The van der Waals surface area contributed by atoms with Gasteiger partial charge in [0.1, 0.15) is 0 Å². The van der Waals surface area contributed by atoms with Crippen LogP contribution >= 0.6 is 23.5 Å². The Morgan fingerprint density at radius 3 is 2.00 bits per heavy atom. The normalized spacial score (nSPS) is 35.6. The standard InChI is InChI=1S/C15H22S2Te3/c18-14(5-12-7-16-12)3-10-1-2-20-9-11(10)4-15(19)6-13-8-17-13/h10-13H,1-9H2. The van der Waals surface area contributed by atoms with Gasteiger partial charge in [0, 0.05) is 0 Å². The molecule has 0 radical (unpaired) electrons. The first kappa shape index (κ1) is 17.6. The van der Waals surface area contributed by atoms with E-state index in [1.165, 1.54) is 37.2 Å². The van der Waals surface area contributed by atoms with Crippen molar-refractivity contribution in [1.82, 2.24) is 0 Å². The molecule has 3 heterocycles. The Morgan fingerprint density at radius 1 is 0.900 bits per heavy atom. The second-order valence-electron chi connectivity index (χ2n) is 6.19. The van der Waals surface area contributed by atoms with E-state index in [1.54, 1.807) is 15.4 Å². The first-order chi connectivity index (χ1) is 9.70. The number of hydrogen-bond donors (Lipinski definition) is 0. The van der Waals surface area contributed by atoms with Crippen molar-refractivity contribution in [2.75, 3.05) is 11.5 Å². The molecule has 5 heteroatoms. The van der Waals surface area contributed by atoms with Gasteiger partial charge in [-0.2, -0.15) is 0 Å². The fraction of sp³-hybridized carbons (Fsp3) is 0.867. The zero-order valence-corrected chi connectivity index (χ0v) is 20.3. The van der Waals surface area contributed by atoms with Crippen LogP contribution in [0.2, 0.25) is 8.94 Å². The summed E-state index contributed by atoms with van der Waals surface area (Å²) in [7, 11) is 0. The second kappa shape index (κ2) is 8.77. The average molecular weight is 649 g/mol. The molecular formula is C15H22S2Te3. The van der Waals surface area contributed by atoms with Crippen LogP contribution in [0.25, 0.3) is 0 Å². The quantitative estimate of drug-likeness (QED) is 0.293. The topological polar surface area (TPSA) is 0 Å². The van der Waals surface area contributed by atoms with Gasteiger partial charge in [-0.05, 0) is 0 Å². The third-order valence-electron chi connectivity index (χ3n) is 4.33. The van der Waals surface area contributed by atoms with Crippen molar-refractivity contribution in [1.29, 1.82) is 0 Å². The summed E-state index contributed by atoms with van der Waals surface area (Å²) in [6.07, 6.45) is 7.36. The van der Waals surface area contributed by atoms with E-state index in [0.717, 1.165) is 22.3 Å². The van der Waals surface area contributed by atoms with Crippen molar-refractivity contribution in [2.45, 2.75) is 51.5 Å². The van der Waals surface area contributed by atoms with E-state index in [9.17, 15) is 0 Å². The summed E-state index contributed by atoms with van der Waals surface area (Å²) in [4.78, 5) is 0. The molecule has 4 unspecified atom stereocenters. The molecule has 4 atom stereocenters. The van der Waals surface area contributed by atoms with Gasteiger partial charge < -0.3 is 0 Å². The third-order valence-corrected chi connectivity index (χ3v) is 11.6. The summed E-state index contributed by atoms with van der Waals surface area (Å²) < 4.78 is 6.91. The van der Waals surface area contributed by atoms with Gasteiger partial charge in [-0.3, -0.25) is 0 Å². The Labute approximate surface area is 168 Å². The van der Waals surface area contributed by atoms with Crippen molar-refractivity contribution < 1.29 is 0 Å². The monoisotopic (exact) mass is 656 g/mol. The molecule has 0 N–H and O–H groups in total.